The highest BCUT2D eigenvalue weighted by atomic mass is 16.5. The lowest BCUT2D eigenvalue weighted by Gasteiger charge is -2.21. The van der Waals surface area contributed by atoms with E-state index < -0.39 is 0 Å². The Morgan fingerprint density at radius 1 is 1.32 bits per heavy atom. The van der Waals surface area contributed by atoms with Crippen molar-refractivity contribution < 1.29 is 14.3 Å². The fraction of sp³-hybridized carbons (Fsp3) is 0.800. The summed E-state index contributed by atoms with van der Waals surface area (Å²) in [5.74, 6) is -0.375. The molecular weight excluding hydrogens is 284 g/mol. The number of hydrogen-bond donors (Lipinski definition) is 0. The van der Waals surface area contributed by atoms with Crippen LogP contribution in [0.3, 0.4) is 0 Å². The maximum Gasteiger partial charge on any atom is 0.360 e. The van der Waals surface area contributed by atoms with E-state index in [0.717, 1.165) is 39.0 Å². The Balaban J connectivity index is 1.40. The molecule has 3 heterocycles. The molecule has 0 atom stereocenters. The van der Waals surface area contributed by atoms with Crippen molar-refractivity contribution in [3.8, 4) is 0 Å². The van der Waals surface area contributed by atoms with E-state index in [1.807, 2.05) is 0 Å². The van der Waals surface area contributed by atoms with E-state index in [1.165, 1.54) is 25.9 Å². The molecule has 22 heavy (non-hydrogen) atoms. The Kier molecular flexibility index (Phi) is 5.39. The number of aromatic nitrogens is 3. The summed E-state index contributed by atoms with van der Waals surface area (Å²) in [4.78, 5) is 14.4. The fourth-order valence-corrected chi connectivity index (χ4v) is 3.03. The lowest BCUT2D eigenvalue weighted by molar-refractivity contribution is 0.0483. The van der Waals surface area contributed by atoms with Crippen molar-refractivity contribution in [2.24, 2.45) is 0 Å². The van der Waals surface area contributed by atoms with Crippen LogP contribution in [-0.2, 0) is 9.47 Å². The van der Waals surface area contributed by atoms with E-state index >= 15 is 0 Å². The van der Waals surface area contributed by atoms with Crippen molar-refractivity contribution in [3.05, 3.63) is 11.9 Å². The number of likely N-dealkylation sites (tertiary alicyclic amines) is 1. The Morgan fingerprint density at radius 2 is 2.09 bits per heavy atom. The average Bonchev–Trinajstić information content (AvgIpc) is 3.24. The molecule has 0 radical (unpaired) electrons. The van der Waals surface area contributed by atoms with Gasteiger partial charge in [-0.1, -0.05) is 5.21 Å². The minimum atomic E-state index is -0.375. The van der Waals surface area contributed by atoms with Crippen LogP contribution in [0.2, 0.25) is 0 Å². The molecule has 2 saturated heterocycles. The molecule has 1 aromatic heterocycles. The molecule has 2 fully saturated rings. The summed E-state index contributed by atoms with van der Waals surface area (Å²) in [5.41, 5.74) is 0.299. The third-order valence-corrected chi connectivity index (χ3v) is 4.33. The topological polar surface area (TPSA) is 69.5 Å². The van der Waals surface area contributed by atoms with E-state index in [2.05, 4.69) is 15.2 Å². The van der Waals surface area contributed by atoms with Crippen LogP contribution in [0.5, 0.6) is 0 Å². The second-order valence-electron chi connectivity index (χ2n) is 5.97. The van der Waals surface area contributed by atoms with Crippen LogP contribution in [-0.4, -0.2) is 65.3 Å². The number of nitrogens with zero attached hydrogens (tertiary/aromatic N) is 4. The van der Waals surface area contributed by atoms with Gasteiger partial charge in [-0.05, 0) is 45.2 Å². The number of carbonyl (C=O) groups is 1. The molecule has 7 nitrogen and oxygen atoms in total. The molecule has 0 spiro atoms. The molecule has 0 amide bonds. The SMILES string of the molecule is O=C(OCCCN1CCCC1)c1cn(C2CCOCC2)nn1. The molecule has 7 heteroatoms. The predicted molar refractivity (Wildman–Crippen MR) is 79.7 cm³/mol. The summed E-state index contributed by atoms with van der Waals surface area (Å²) in [6, 6.07) is 0.276. The third kappa shape index (κ3) is 4.04. The normalized spacial score (nSPS) is 20.4. The quantitative estimate of drug-likeness (QED) is 0.582. The maximum absolute atomic E-state index is 12.0. The molecule has 0 aromatic carbocycles. The third-order valence-electron chi connectivity index (χ3n) is 4.33. The Hall–Kier alpha value is -1.47. The Labute approximate surface area is 130 Å². The van der Waals surface area contributed by atoms with Gasteiger partial charge in [0.1, 0.15) is 0 Å². The van der Waals surface area contributed by atoms with Gasteiger partial charge in [0, 0.05) is 19.8 Å². The van der Waals surface area contributed by atoms with Crippen molar-refractivity contribution in [1.29, 1.82) is 0 Å². The summed E-state index contributed by atoms with van der Waals surface area (Å²) < 4.78 is 12.4. The van der Waals surface area contributed by atoms with Gasteiger partial charge in [-0.15, -0.1) is 5.10 Å². The van der Waals surface area contributed by atoms with E-state index in [0.29, 0.717) is 12.3 Å². The van der Waals surface area contributed by atoms with Crippen LogP contribution in [0.1, 0.15) is 48.6 Å². The fourth-order valence-electron chi connectivity index (χ4n) is 3.03. The summed E-state index contributed by atoms with van der Waals surface area (Å²) in [5, 5.41) is 7.99. The van der Waals surface area contributed by atoms with Gasteiger partial charge in [-0.25, -0.2) is 9.48 Å². The number of carbonyl (C=O) groups excluding carboxylic acids is 1. The summed E-state index contributed by atoms with van der Waals surface area (Å²) in [7, 11) is 0. The highest BCUT2D eigenvalue weighted by Gasteiger charge is 2.20. The van der Waals surface area contributed by atoms with Gasteiger partial charge in [0.2, 0.25) is 0 Å². The monoisotopic (exact) mass is 308 g/mol. The molecule has 2 aliphatic rings. The average molecular weight is 308 g/mol. The van der Waals surface area contributed by atoms with Gasteiger partial charge in [0.25, 0.3) is 0 Å². The van der Waals surface area contributed by atoms with Gasteiger partial charge < -0.3 is 14.4 Å². The summed E-state index contributed by atoms with van der Waals surface area (Å²) >= 11 is 0. The van der Waals surface area contributed by atoms with Gasteiger partial charge in [0.15, 0.2) is 5.69 Å². The second kappa shape index (κ2) is 7.69. The van der Waals surface area contributed by atoms with Gasteiger partial charge >= 0.3 is 5.97 Å². The highest BCUT2D eigenvalue weighted by Crippen LogP contribution is 2.19. The van der Waals surface area contributed by atoms with Crippen LogP contribution >= 0.6 is 0 Å². The van der Waals surface area contributed by atoms with Crippen LogP contribution in [0.15, 0.2) is 6.20 Å². The molecule has 3 rings (SSSR count). The lowest BCUT2D eigenvalue weighted by atomic mass is 10.1. The van der Waals surface area contributed by atoms with Crippen LogP contribution in [0, 0.1) is 0 Å². The number of esters is 1. The van der Waals surface area contributed by atoms with Gasteiger partial charge in [-0.2, -0.15) is 0 Å². The van der Waals surface area contributed by atoms with Gasteiger partial charge in [0.05, 0.1) is 18.8 Å². The van der Waals surface area contributed by atoms with Crippen molar-refractivity contribution in [3.63, 3.8) is 0 Å². The van der Waals surface area contributed by atoms with Gasteiger partial charge in [-0.3, -0.25) is 0 Å². The first-order valence-corrected chi connectivity index (χ1v) is 8.22. The van der Waals surface area contributed by atoms with E-state index in [1.54, 1.807) is 10.9 Å². The zero-order valence-electron chi connectivity index (χ0n) is 12.9. The number of ether oxygens (including phenoxy) is 2. The molecule has 0 aliphatic carbocycles. The molecule has 0 saturated carbocycles. The first-order chi connectivity index (χ1) is 10.8. The van der Waals surface area contributed by atoms with Crippen molar-refractivity contribution in [2.45, 2.75) is 38.1 Å². The molecule has 1 aromatic rings. The summed E-state index contributed by atoms with van der Waals surface area (Å²) in [6.45, 7) is 5.27. The number of rotatable bonds is 6. The largest absolute Gasteiger partial charge is 0.461 e. The first-order valence-electron chi connectivity index (χ1n) is 8.22. The Morgan fingerprint density at radius 3 is 2.86 bits per heavy atom. The first kappa shape index (κ1) is 15.4. The molecule has 0 N–H and O–H groups in total. The van der Waals surface area contributed by atoms with Crippen molar-refractivity contribution in [2.75, 3.05) is 39.5 Å². The zero-order valence-corrected chi connectivity index (χ0v) is 12.9. The van der Waals surface area contributed by atoms with Crippen LogP contribution < -0.4 is 0 Å². The van der Waals surface area contributed by atoms with Crippen LogP contribution in [0.25, 0.3) is 0 Å². The lowest BCUT2D eigenvalue weighted by Crippen LogP contribution is -2.22. The molecule has 0 bridgehead atoms. The van der Waals surface area contributed by atoms with E-state index in [9.17, 15) is 4.79 Å². The maximum atomic E-state index is 12.0. The number of hydrogen-bond acceptors (Lipinski definition) is 6. The van der Waals surface area contributed by atoms with Crippen molar-refractivity contribution in [1.82, 2.24) is 19.9 Å². The second-order valence-corrected chi connectivity index (χ2v) is 5.97. The van der Waals surface area contributed by atoms with E-state index in [4.69, 9.17) is 9.47 Å². The van der Waals surface area contributed by atoms with Crippen LogP contribution in [0.4, 0.5) is 0 Å². The van der Waals surface area contributed by atoms with Crippen molar-refractivity contribution >= 4 is 5.97 Å². The standard InChI is InChI=1S/C15H24N4O3/c20-15(22-9-3-8-18-6-1-2-7-18)14-12-19(17-16-14)13-4-10-21-11-5-13/h12-13H,1-11H2. The molecule has 122 valence electrons. The molecular formula is C15H24N4O3. The van der Waals surface area contributed by atoms with E-state index in [-0.39, 0.29) is 12.0 Å². The minimum absolute atomic E-state index is 0.276. The predicted octanol–water partition coefficient (Wildman–Crippen LogP) is 1.27. The Bertz CT molecular complexity index is 479. The zero-order chi connectivity index (χ0) is 15.2. The highest BCUT2D eigenvalue weighted by molar-refractivity contribution is 5.86. The summed E-state index contributed by atoms with van der Waals surface area (Å²) in [6.07, 6.45) is 6.96. The minimum Gasteiger partial charge on any atom is -0.461 e. The molecule has 0 unspecified atom stereocenters. The smallest absolute Gasteiger partial charge is 0.360 e. The molecule has 2 aliphatic heterocycles.